The predicted octanol–water partition coefficient (Wildman–Crippen LogP) is 1.06. The Balaban J connectivity index is 1.91. The quantitative estimate of drug-likeness (QED) is 0.760. The van der Waals surface area contributed by atoms with E-state index in [4.69, 9.17) is 4.74 Å². The fraction of sp³-hybridized carbons (Fsp3) is 0.500. The van der Waals surface area contributed by atoms with Gasteiger partial charge in [-0.25, -0.2) is 9.97 Å². The van der Waals surface area contributed by atoms with Crippen LogP contribution in [0, 0.1) is 6.92 Å². The number of aryl methyl sites for hydroxylation is 1. The van der Waals surface area contributed by atoms with Crippen LogP contribution in [0.1, 0.15) is 12.6 Å². The number of anilines is 3. The average Bonchev–Trinajstić information content (AvgIpc) is 2.95. The van der Waals surface area contributed by atoms with E-state index >= 15 is 0 Å². The highest BCUT2D eigenvalue weighted by molar-refractivity contribution is 5.69. The Hall–Kier alpha value is -2.35. The van der Waals surface area contributed by atoms with Gasteiger partial charge in [-0.15, -0.1) is 0 Å². The van der Waals surface area contributed by atoms with E-state index in [-0.39, 0.29) is 0 Å². The van der Waals surface area contributed by atoms with Gasteiger partial charge in [0.1, 0.15) is 6.33 Å². The summed E-state index contributed by atoms with van der Waals surface area (Å²) in [5.41, 5.74) is 0.983. The van der Waals surface area contributed by atoms with Gasteiger partial charge in [0.05, 0.1) is 6.61 Å². The van der Waals surface area contributed by atoms with Crippen molar-refractivity contribution in [2.24, 2.45) is 0 Å². The average molecular weight is 303 g/mol. The lowest BCUT2D eigenvalue weighted by Crippen LogP contribution is -2.44. The highest BCUT2D eigenvalue weighted by Crippen LogP contribution is 2.33. The number of piperazine rings is 1. The van der Waals surface area contributed by atoms with Crippen molar-refractivity contribution >= 4 is 17.5 Å². The summed E-state index contributed by atoms with van der Waals surface area (Å²) in [5, 5.41) is 13.6. The second-order valence-electron chi connectivity index (χ2n) is 5.11. The molecule has 0 amide bonds. The number of rotatable bonds is 5. The van der Waals surface area contributed by atoms with E-state index in [0.717, 1.165) is 37.7 Å². The summed E-state index contributed by atoms with van der Waals surface area (Å²) in [5.74, 6) is 2.85. The van der Waals surface area contributed by atoms with Crippen LogP contribution in [0.5, 0.6) is 5.75 Å². The van der Waals surface area contributed by atoms with E-state index in [9.17, 15) is 0 Å². The first-order valence-corrected chi connectivity index (χ1v) is 7.50. The topological polar surface area (TPSA) is 91.0 Å². The van der Waals surface area contributed by atoms with Gasteiger partial charge in [0.25, 0.3) is 0 Å². The molecule has 3 N–H and O–H groups in total. The van der Waals surface area contributed by atoms with E-state index < -0.39 is 0 Å². The standard InChI is InChI=1S/C14H21N7O/c1-3-22-12-13(18-11-8-10(2)19-20-11)16-9-17-14(12)21-6-4-15-5-7-21/h8-9,15H,3-7H2,1-2H3,(H2,16,17,18,19,20). The molecule has 8 nitrogen and oxygen atoms in total. The van der Waals surface area contributed by atoms with Crippen LogP contribution >= 0.6 is 0 Å². The minimum atomic E-state index is 0.556. The van der Waals surface area contributed by atoms with Crippen molar-refractivity contribution in [2.45, 2.75) is 13.8 Å². The molecule has 0 spiro atoms. The maximum atomic E-state index is 5.81. The van der Waals surface area contributed by atoms with Crippen molar-refractivity contribution in [2.75, 3.05) is 43.0 Å². The number of aromatic nitrogens is 4. The predicted molar refractivity (Wildman–Crippen MR) is 84.9 cm³/mol. The second kappa shape index (κ2) is 6.61. The molecule has 22 heavy (non-hydrogen) atoms. The molecule has 3 heterocycles. The van der Waals surface area contributed by atoms with Crippen molar-refractivity contribution in [1.82, 2.24) is 25.5 Å². The second-order valence-corrected chi connectivity index (χ2v) is 5.11. The maximum Gasteiger partial charge on any atom is 0.204 e. The van der Waals surface area contributed by atoms with E-state index in [0.29, 0.717) is 24.0 Å². The van der Waals surface area contributed by atoms with Crippen LogP contribution in [-0.4, -0.2) is 53.0 Å². The molecule has 0 aliphatic carbocycles. The number of ether oxygens (including phenoxy) is 1. The summed E-state index contributed by atoms with van der Waals surface area (Å²) in [4.78, 5) is 10.9. The first-order valence-electron chi connectivity index (χ1n) is 7.50. The van der Waals surface area contributed by atoms with Gasteiger partial charge in [-0.2, -0.15) is 5.10 Å². The van der Waals surface area contributed by atoms with E-state index in [2.05, 4.69) is 35.7 Å². The zero-order valence-electron chi connectivity index (χ0n) is 12.9. The Bertz CT molecular complexity index is 621. The van der Waals surface area contributed by atoms with Crippen molar-refractivity contribution in [3.05, 3.63) is 18.1 Å². The van der Waals surface area contributed by atoms with Gasteiger partial charge in [0, 0.05) is 37.9 Å². The minimum Gasteiger partial charge on any atom is -0.487 e. The van der Waals surface area contributed by atoms with Gasteiger partial charge < -0.3 is 20.3 Å². The molecule has 2 aromatic rings. The van der Waals surface area contributed by atoms with Gasteiger partial charge in [0.15, 0.2) is 17.5 Å². The van der Waals surface area contributed by atoms with Crippen molar-refractivity contribution in [3.8, 4) is 5.75 Å². The highest BCUT2D eigenvalue weighted by atomic mass is 16.5. The molecule has 0 unspecified atom stereocenters. The van der Waals surface area contributed by atoms with Crippen LogP contribution in [-0.2, 0) is 0 Å². The third-order valence-corrected chi connectivity index (χ3v) is 3.44. The molecule has 2 aromatic heterocycles. The Morgan fingerprint density at radius 1 is 1.32 bits per heavy atom. The molecule has 8 heteroatoms. The fourth-order valence-electron chi connectivity index (χ4n) is 2.44. The summed E-state index contributed by atoms with van der Waals surface area (Å²) in [7, 11) is 0. The lowest BCUT2D eigenvalue weighted by atomic mass is 10.3. The molecule has 118 valence electrons. The lowest BCUT2D eigenvalue weighted by Gasteiger charge is -2.29. The van der Waals surface area contributed by atoms with Crippen LogP contribution in [0.3, 0.4) is 0 Å². The zero-order chi connectivity index (χ0) is 15.4. The molecule has 1 aliphatic rings. The SMILES string of the molecule is CCOc1c(Nc2cc(C)[nH]n2)ncnc1N1CCNCC1. The molecule has 0 bridgehead atoms. The summed E-state index contributed by atoms with van der Waals surface area (Å²) in [6.07, 6.45) is 1.56. The van der Waals surface area contributed by atoms with Crippen molar-refractivity contribution < 1.29 is 4.74 Å². The summed E-state index contributed by atoms with van der Waals surface area (Å²) < 4.78 is 5.81. The molecule has 0 aromatic carbocycles. The fourth-order valence-corrected chi connectivity index (χ4v) is 2.44. The normalized spacial score (nSPS) is 14.9. The third-order valence-electron chi connectivity index (χ3n) is 3.44. The number of aromatic amines is 1. The maximum absolute atomic E-state index is 5.81. The number of nitrogens with zero attached hydrogens (tertiary/aromatic N) is 4. The summed E-state index contributed by atoms with van der Waals surface area (Å²) in [6.45, 7) is 8.15. The van der Waals surface area contributed by atoms with Crippen molar-refractivity contribution in [3.63, 3.8) is 0 Å². The van der Waals surface area contributed by atoms with Gasteiger partial charge >= 0.3 is 0 Å². The smallest absolute Gasteiger partial charge is 0.204 e. The Labute approximate surface area is 129 Å². The monoisotopic (exact) mass is 303 g/mol. The molecule has 1 saturated heterocycles. The highest BCUT2D eigenvalue weighted by Gasteiger charge is 2.20. The third kappa shape index (κ3) is 3.11. The van der Waals surface area contributed by atoms with E-state index in [1.807, 2.05) is 19.9 Å². The number of hydrogen-bond acceptors (Lipinski definition) is 7. The first-order chi connectivity index (χ1) is 10.8. The molecule has 1 aliphatic heterocycles. The molecular formula is C14H21N7O. The first kappa shape index (κ1) is 14.6. The molecule has 0 saturated carbocycles. The zero-order valence-corrected chi connectivity index (χ0v) is 12.9. The van der Waals surface area contributed by atoms with Gasteiger partial charge in [-0.3, -0.25) is 5.10 Å². The van der Waals surface area contributed by atoms with Crippen molar-refractivity contribution in [1.29, 1.82) is 0 Å². The molecule has 0 radical (unpaired) electrons. The Morgan fingerprint density at radius 2 is 2.14 bits per heavy atom. The molecule has 0 atom stereocenters. The number of nitrogens with one attached hydrogen (secondary N) is 3. The van der Waals surface area contributed by atoms with Crippen LogP contribution < -0.4 is 20.3 Å². The van der Waals surface area contributed by atoms with Crippen LogP contribution in [0.2, 0.25) is 0 Å². The number of H-pyrrole nitrogens is 1. The molecular weight excluding hydrogens is 282 g/mol. The van der Waals surface area contributed by atoms with E-state index in [1.54, 1.807) is 6.33 Å². The van der Waals surface area contributed by atoms with Gasteiger partial charge in [-0.1, -0.05) is 0 Å². The van der Waals surface area contributed by atoms with Gasteiger partial charge in [0.2, 0.25) is 5.75 Å². The summed E-state index contributed by atoms with van der Waals surface area (Å²) in [6, 6.07) is 1.92. The Kier molecular flexibility index (Phi) is 4.38. The largest absolute Gasteiger partial charge is 0.487 e. The lowest BCUT2D eigenvalue weighted by molar-refractivity contribution is 0.338. The van der Waals surface area contributed by atoms with Crippen LogP contribution in [0.15, 0.2) is 12.4 Å². The van der Waals surface area contributed by atoms with Gasteiger partial charge in [-0.05, 0) is 13.8 Å². The van der Waals surface area contributed by atoms with Crippen LogP contribution in [0.4, 0.5) is 17.5 Å². The molecule has 1 fully saturated rings. The number of hydrogen-bond donors (Lipinski definition) is 3. The summed E-state index contributed by atoms with van der Waals surface area (Å²) >= 11 is 0. The Morgan fingerprint density at radius 3 is 2.82 bits per heavy atom. The van der Waals surface area contributed by atoms with Crippen LogP contribution in [0.25, 0.3) is 0 Å². The molecule has 3 rings (SSSR count). The minimum absolute atomic E-state index is 0.556. The van der Waals surface area contributed by atoms with E-state index in [1.165, 1.54) is 0 Å².